The molecule has 0 aliphatic carbocycles. The molecule has 0 spiro atoms. The maximum atomic E-state index is 11.5. The van der Waals surface area contributed by atoms with Gasteiger partial charge in [-0.2, -0.15) is 0 Å². The Morgan fingerprint density at radius 3 is 3.00 bits per heavy atom. The minimum Gasteiger partial charge on any atom is -0.462 e. The van der Waals surface area contributed by atoms with E-state index in [9.17, 15) is 4.79 Å². The summed E-state index contributed by atoms with van der Waals surface area (Å²) in [7, 11) is 0. The number of halogens is 1. The summed E-state index contributed by atoms with van der Waals surface area (Å²) in [6.07, 6.45) is 0.914. The largest absolute Gasteiger partial charge is 0.462 e. The number of nitrogen functional groups attached to an aromatic ring is 1. The van der Waals surface area contributed by atoms with Crippen molar-refractivity contribution in [2.24, 2.45) is 5.84 Å². The van der Waals surface area contributed by atoms with Crippen molar-refractivity contribution in [2.75, 3.05) is 5.73 Å². The number of amides is 1. The number of nitrogens with two attached hydrogens (primary N) is 2. The third-order valence-electron chi connectivity index (χ3n) is 2.61. The van der Waals surface area contributed by atoms with Gasteiger partial charge in [0.2, 0.25) is 0 Å². The maximum absolute atomic E-state index is 11.5. The first-order valence-electron chi connectivity index (χ1n) is 4.83. The summed E-state index contributed by atoms with van der Waals surface area (Å²) in [5, 5.41) is -1.43. The van der Waals surface area contributed by atoms with Crippen LogP contribution in [0, 0.1) is 0 Å². The van der Waals surface area contributed by atoms with E-state index < -0.39 is 11.0 Å². The molecule has 1 heterocycles. The van der Waals surface area contributed by atoms with E-state index in [2.05, 4.69) is 0 Å². The number of fused-ring (bicyclic) bond motifs is 1. The van der Waals surface area contributed by atoms with Crippen molar-refractivity contribution < 1.29 is 9.53 Å². The van der Waals surface area contributed by atoms with Gasteiger partial charge in [0.15, 0.2) is 0 Å². The first kappa shape index (κ1) is 11.0. The number of nitrogens with one attached hydrogen (secondary N) is 1. The van der Waals surface area contributed by atoms with Crippen LogP contribution in [-0.2, 0) is 11.2 Å². The van der Waals surface area contributed by atoms with Gasteiger partial charge in [-0.3, -0.25) is 10.2 Å². The number of carbonyl (C=O) groups excluding carboxylic acids is 1. The van der Waals surface area contributed by atoms with E-state index in [0.717, 1.165) is 5.56 Å². The number of ether oxygens (including phenoxy) is 1. The summed E-state index contributed by atoms with van der Waals surface area (Å²) < 4.78 is 5.45. The Hall–Kier alpha value is -1.46. The number of hydrogen-bond acceptors (Lipinski definition) is 4. The second-order valence-electron chi connectivity index (χ2n) is 3.63. The molecule has 0 bridgehead atoms. The lowest BCUT2D eigenvalue weighted by atomic mass is 10.00. The number of hydrogen-bond donors (Lipinski definition) is 3. The van der Waals surface area contributed by atoms with Crippen molar-refractivity contribution in [1.29, 1.82) is 0 Å². The lowest BCUT2D eigenvalue weighted by Crippen LogP contribution is -2.51. The number of alkyl halides is 1. The van der Waals surface area contributed by atoms with Gasteiger partial charge >= 0.3 is 0 Å². The Labute approximate surface area is 97.7 Å². The van der Waals surface area contributed by atoms with Gasteiger partial charge in [-0.25, -0.2) is 5.84 Å². The molecule has 1 amide bonds. The Balaban J connectivity index is 2.34. The van der Waals surface area contributed by atoms with E-state index in [-0.39, 0.29) is 0 Å². The van der Waals surface area contributed by atoms with Crippen LogP contribution in [0.25, 0.3) is 0 Å². The molecule has 1 atom stereocenters. The molecule has 0 fully saturated rings. The lowest BCUT2D eigenvalue weighted by Gasteiger charge is -2.32. The van der Waals surface area contributed by atoms with Gasteiger partial charge in [0.1, 0.15) is 5.75 Å². The standard InChI is InChI=1S/C10H12ClN3O2/c11-10(9(15)14-13)5-4-6-7(12)2-1-3-8(6)16-10/h1-3H,4-5,12-13H2,(H,14,15). The van der Waals surface area contributed by atoms with Crippen LogP contribution in [0.5, 0.6) is 5.75 Å². The monoisotopic (exact) mass is 241 g/mol. The van der Waals surface area contributed by atoms with E-state index in [1.54, 1.807) is 18.2 Å². The normalized spacial score (nSPS) is 23.1. The van der Waals surface area contributed by atoms with Crippen LogP contribution < -0.4 is 21.7 Å². The summed E-state index contributed by atoms with van der Waals surface area (Å²) in [5.41, 5.74) is 9.30. The quantitative estimate of drug-likeness (QED) is 0.220. The third kappa shape index (κ3) is 1.68. The second-order valence-corrected chi connectivity index (χ2v) is 4.24. The summed E-state index contributed by atoms with van der Waals surface area (Å²) in [6.45, 7) is 0. The molecule has 5 nitrogen and oxygen atoms in total. The summed E-state index contributed by atoms with van der Waals surface area (Å²) in [4.78, 5) is 11.5. The number of carbonyl (C=O) groups is 1. The second kappa shape index (κ2) is 3.84. The average molecular weight is 242 g/mol. The van der Waals surface area contributed by atoms with Crippen molar-refractivity contribution in [3.63, 3.8) is 0 Å². The fourth-order valence-electron chi connectivity index (χ4n) is 1.72. The van der Waals surface area contributed by atoms with E-state index in [1.807, 2.05) is 5.43 Å². The zero-order valence-corrected chi connectivity index (χ0v) is 9.25. The van der Waals surface area contributed by atoms with Crippen LogP contribution in [0.15, 0.2) is 18.2 Å². The summed E-state index contributed by atoms with van der Waals surface area (Å²) >= 11 is 6.05. The topological polar surface area (TPSA) is 90.4 Å². The molecular formula is C10H12ClN3O2. The molecule has 1 aliphatic rings. The van der Waals surface area contributed by atoms with Gasteiger partial charge < -0.3 is 10.5 Å². The number of rotatable bonds is 1. The van der Waals surface area contributed by atoms with Gasteiger partial charge in [0.25, 0.3) is 11.0 Å². The number of benzene rings is 1. The molecule has 0 saturated carbocycles. The zero-order chi connectivity index (χ0) is 11.8. The summed E-state index contributed by atoms with van der Waals surface area (Å²) in [5.74, 6) is 5.03. The zero-order valence-electron chi connectivity index (χ0n) is 8.50. The lowest BCUT2D eigenvalue weighted by molar-refractivity contribution is -0.131. The van der Waals surface area contributed by atoms with Crippen molar-refractivity contribution >= 4 is 23.2 Å². The van der Waals surface area contributed by atoms with E-state index in [1.165, 1.54) is 0 Å². The van der Waals surface area contributed by atoms with E-state index in [4.69, 9.17) is 27.9 Å². The van der Waals surface area contributed by atoms with E-state index >= 15 is 0 Å². The molecule has 1 unspecified atom stereocenters. The van der Waals surface area contributed by atoms with Gasteiger partial charge in [-0.1, -0.05) is 17.7 Å². The van der Waals surface area contributed by atoms with Crippen molar-refractivity contribution in [3.8, 4) is 5.75 Å². The maximum Gasteiger partial charge on any atom is 0.294 e. The SMILES string of the molecule is NNC(=O)C1(Cl)CCc2c(N)cccc2O1. The van der Waals surface area contributed by atoms with Crippen LogP contribution in [0.3, 0.4) is 0 Å². The average Bonchev–Trinajstić information content (AvgIpc) is 2.28. The smallest absolute Gasteiger partial charge is 0.294 e. The highest BCUT2D eigenvalue weighted by atomic mass is 35.5. The van der Waals surface area contributed by atoms with Crippen LogP contribution in [-0.4, -0.2) is 11.0 Å². The van der Waals surface area contributed by atoms with Gasteiger partial charge in [-0.05, 0) is 18.6 Å². The number of hydrazine groups is 1. The number of anilines is 1. The molecule has 16 heavy (non-hydrogen) atoms. The highest BCUT2D eigenvalue weighted by Gasteiger charge is 2.41. The Kier molecular flexibility index (Phi) is 2.65. The Bertz CT molecular complexity index is 438. The Morgan fingerprint density at radius 1 is 1.56 bits per heavy atom. The minimum absolute atomic E-state index is 0.332. The molecule has 6 heteroatoms. The van der Waals surface area contributed by atoms with Crippen LogP contribution in [0.4, 0.5) is 5.69 Å². The van der Waals surface area contributed by atoms with Crippen LogP contribution >= 0.6 is 11.6 Å². The van der Waals surface area contributed by atoms with E-state index in [0.29, 0.717) is 24.3 Å². The molecule has 86 valence electrons. The fraction of sp³-hybridized carbons (Fsp3) is 0.300. The predicted molar refractivity (Wildman–Crippen MR) is 60.7 cm³/mol. The molecule has 1 aliphatic heterocycles. The van der Waals surface area contributed by atoms with Gasteiger partial charge in [-0.15, -0.1) is 0 Å². The highest BCUT2D eigenvalue weighted by Crippen LogP contribution is 2.38. The molecule has 1 aromatic rings. The third-order valence-corrected chi connectivity index (χ3v) is 3.05. The molecule has 1 aromatic carbocycles. The highest BCUT2D eigenvalue weighted by molar-refractivity contribution is 6.33. The fourth-order valence-corrected chi connectivity index (χ4v) is 1.96. The van der Waals surface area contributed by atoms with Crippen LogP contribution in [0.1, 0.15) is 12.0 Å². The molecule has 5 N–H and O–H groups in total. The summed E-state index contributed by atoms with van der Waals surface area (Å²) in [6, 6.07) is 5.26. The predicted octanol–water partition coefficient (Wildman–Crippen LogP) is 0.519. The molecule has 0 saturated heterocycles. The van der Waals surface area contributed by atoms with Crippen molar-refractivity contribution in [3.05, 3.63) is 23.8 Å². The molecule has 2 rings (SSSR count). The van der Waals surface area contributed by atoms with Crippen molar-refractivity contribution in [1.82, 2.24) is 5.43 Å². The van der Waals surface area contributed by atoms with Gasteiger partial charge in [0.05, 0.1) is 0 Å². The molecule has 0 radical (unpaired) electrons. The minimum atomic E-state index is -1.43. The Morgan fingerprint density at radius 2 is 2.31 bits per heavy atom. The van der Waals surface area contributed by atoms with Gasteiger partial charge in [0, 0.05) is 17.7 Å². The molecule has 0 aromatic heterocycles. The van der Waals surface area contributed by atoms with Crippen molar-refractivity contribution in [2.45, 2.75) is 17.9 Å². The van der Waals surface area contributed by atoms with Crippen LogP contribution in [0.2, 0.25) is 0 Å². The first-order valence-corrected chi connectivity index (χ1v) is 5.21. The first-order chi connectivity index (χ1) is 7.57. The molecular weight excluding hydrogens is 230 g/mol.